The van der Waals surface area contributed by atoms with E-state index in [9.17, 15) is 4.79 Å². The Hall–Kier alpha value is -2.51. The fourth-order valence-corrected chi connectivity index (χ4v) is 3.37. The Bertz CT molecular complexity index is 960. The molecular weight excluding hydrogens is 388 g/mol. The van der Waals surface area contributed by atoms with Crippen molar-refractivity contribution in [2.24, 2.45) is 0 Å². The van der Waals surface area contributed by atoms with E-state index < -0.39 is 5.25 Å². The maximum absolute atomic E-state index is 12.5. The van der Waals surface area contributed by atoms with Gasteiger partial charge >= 0.3 is 0 Å². The lowest BCUT2D eigenvalue weighted by Gasteiger charge is -2.08. The van der Waals surface area contributed by atoms with Crippen LogP contribution in [0.25, 0.3) is 11.5 Å². The maximum Gasteiger partial charge on any atom is 0.277 e. The first kappa shape index (κ1) is 19.3. The second-order valence-corrected chi connectivity index (χ2v) is 7.30. The molecule has 1 aromatic heterocycles. The molecule has 0 aliphatic carbocycles. The Morgan fingerprint density at radius 3 is 2.67 bits per heavy atom. The van der Waals surface area contributed by atoms with E-state index in [4.69, 9.17) is 25.5 Å². The molecule has 0 aliphatic rings. The van der Waals surface area contributed by atoms with Crippen molar-refractivity contribution in [1.82, 2.24) is 10.2 Å². The van der Waals surface area contributed by atoms with E-state index >= 15 is 0 Å². The van der Waals surface area contributed by atoms with Gasteiger partial charge in [0, 0.05) is 16.7 Å². The number of hydrogen-bond donors (Lipinski definition) is 0. The number of carbonyl (C=O) groups excluding carboxylic acids is 1. The van der Waals surface area contributed by atoms with Gasteiger partial charge in [0.25, 0.3) is 11.1 Å². The van der Waals surface area contributed by atoms with Crippen molar-refractivity contribution in [1.29, 1.82) is 0 Å². The zero-order valence-corrected chi connectivity index (χ0v) is 16.5. The van der Waals surface area contributed by atoms with Crippen molar-refractivity contribution in [2.45, 2.75) is 17.4 Å². The number of ether oxygens (including phenoxy) is 2. The average molecular weight is 405 g/mol. The summed E-state index contributed by atoms with van der Waals surface area (Å²) in [5, 5.41) is 8.49. The summed E-state index contributed by atoms with van der Waals surface area (Å²) in [7, 11) is 3.13. The summed E-state index contributed by atoms with van der Waals surface area (Å²) < 4.78 is 16.3. The molecule has 0 saturated carbocycles. The Balaban J connectivity index is 1.77. The molecule has 0 spiro atoms. The van der Waals surface area contributed by atoms with E-state index in [1.54, 1.807) is 63.6 Å². The molecule has 0 N–H and O–H groups in total. The lowest BCUT2D eigenvalue weighted by molar-refractivity contribution is 0.0993. The first-order valence-corrected chi connectivity index (χ1v) is 9.30. The molecule has 1 atom stereocenters. The van der Waals surface area contributed by atoms with Crippen molar-refractivity contribution in [3.8, 4) is 23.0 Å². The van der Waals surface area contributed by atoms with Crippen LogP contribution in [-0.4, -0.2) is 35.5 Å². The molecule has 6 nitrogen and oxygen atoms in total. The van der Waals surface area contributed by atoms with Crippen LogP contribution in [0.2, 0.25) is 5.02 Å². The highest BCUT2D eigenvalue weighted by Gasteiger charge is 2.21. The summed E-state index contributed by atoms with van der Waals surface area (Å²) in [6.45, 7) is 1.78. The van der Waals surface area contributed by atoms with Crippen LogP contribution in [0.3, 0.4) is 0 Å². The monoisotopic (exact) mass is 404 g/mol. The number of Topliss-reactive ketones (excluding diaryl/α,β-unsaturated/α-hetero) is 1. The molecule has 3 rings (SSSR count). The number of hydrogen-bond acceptors (Lipinski definition) is 7. The summed E-state index contributed by atoms with van der Waals surface area (Å²) in [4.78, 5) is 12.5. The number of carbonyl (C=O) groups is 1. The SMILES string of the molecule is COc1ccc(-c2nnc(SC(C)C(=O)c3cccc(Cl)c3)o2)c(OC)c1. The molecule has 140 valence electrons. The van der Waals surface area contributed by atoms with Gasteiger partial charge in [-0.2, -0.15) is 0 Å². The highest BCUT2D eigenvalue weighted by molar-refractivity contribution is 8.00. The van der Waals surface area contributed by atoms with Gasteiger partial charge in [-0.05, 0) is 31.2 Å². The van der Waals surface area contributed by atoms with Crippen molar-refractivity contribution < 1.29 is 18.7 Å². The molecule has 1 unspecified atom stereocenters. The number of methoxy groups -OCH3 is 2. The van der Waals surface area contributed by atoms with Gasteiger partial charge in [-0.15, -0.1) is 10.2 Å². The lowest BCUT2D eigenvalue weighted by atomic mass is 10.1. The van der Waals surface area contributed by atoms with Crippen LogP contribution in [0, 0.1) is 0 Å². The standard InChI is InChI=1S/C19H17ClN2O4S/c1-11(17(23)12-5-4-6-13(20)9-12)27-19-22-21-18(26-19)15-8-7-14(24-2)10-16(15)25-3/h4-11H,1-3H3. The number of nitrogens with zero attached hydrogens (tertiary/aromatic N) is 2. The van der Waals surface area contributed by atoms with E-state index in [0.717, 1.165) is 0 Å². The molecular formula is C19H17ClN2O4S. The minimum Gasteiger partial charge on any atom is -0.497 e. The Morgan fingerprint density at radius 2 is 1.96 bits per heavy atom. The molecule has 0 fully saturated rings. The smallest absolute Gasteiger partial charge is 0.277 e. The van der Waals surface area contributed by atoms with E-state index in [-0.39, 0.29) is 5.78 Å². The van der Waals surface area contributed by atoms with Crippen LogP contribution in [0.4, 0.5) is 0 Å². The van der Waals surface area contributed by atoms with Gasteiger partial charge in [0.15, 0.2) is 5.78 Å². The molecule has 27 heavy (non-hydrogen) atoms. The summed E-state index contributed by atoms with van der Waals surface area (Å²) >= 11 is 7.15. The molecule has 1 heterocycles. The van der Waals surface area contributed by atoms with Crippen LogP contribution in [0.15, 0.2) is 52.1 Å². The summed E-state index contributed by atoms with van der Waals surface area (Å²) in [5.74, 6) is 1.45. The summed E-state index contributed by atoms with van der Waals surface area (Å²) in [5.41, 5.74) is 1.19. The predicted octanol–water partition coefficient (Wildman–Crippen LogP) is 4.77. The van der Waals surface area contributed by atoms with Crippen molar-refractivity contribution in [2.75, 3.05) is 14.2 Å². The van der Waals surface area contributed by atoms with Gasteiger partial charge in [-0.3, -0.25) is 4.79 Å². The third-order valence-corrected chi connectivity index (χ3v) is 4.97. The normalized spacial score (nSPS) is 11.9. The molecule has 2 aromatic carbocycles. The van der Waals surface area contributed by atoms with Gasteiger partial charge in [-0.25, -0.2) is 0 Å². The minimum atomic E-state index is -0.408. The number of halogens is 1. The van der Waals surface area contributed by atoms with Crippen LogP contribution >= 0.6 is 23.4 Å². The van der Waals surface area contributed by atoms with E-state index in [1.165, 1.54) is 11.8 Å². The number of rotatable bonds is 7. The quantitative estimate of drug-likeness (QED) is 0.414. The maximum atomic E-state index is 12.5. The second kappa shape index (κ2) is 8.45. The third-order valence-electron chi connectivity index (χ3n) is 3.80. The average Bonchev–Trinajstić information content (AvgIpc) is 3.14. The first-order valence-electron chi connectivity index (χ1n) is 8.04. The first-order chi connectivity index (χ1) is 13.0. The van der Waals surface area contributed by atoms with Gasteiger partial charge in [-0.1, -0.05) is 35.5 Å². The Morgan fingerprint density at radius 1 is 1.15 bits per heavy atom. The van der Waals surface area contributed by atoms with E-state index in [0.29, 0.717) is 38.8 Å². The van der Waals surface area contributed by atoms with Crippen molar-refractivity contribution in [3.63, 3.8) is 0 Å². The third kappa shape index (κ3) is 4.43. The van der Waals surface area contributed by atoms with Gasteiger partial charge in [0.2, 0.25) is 0 Å². The topological polar surface area (TPSA) is 74.5 Å². The summed E-state index contributed by atoms with van der Waals surface area (Å²) in [6, 6.07) is 12.1. The van der Waals surface area contributed by atoms with Crippen LogP contribution in [0.1, 0.15) is 17.3 Å². The van der Waals surface area contributed by atoms with E-state index in [2.05, 4.69) is 10.2 Å². The Labute approximate surface area is 165 Å². The zero-order chi connectivity index (χ0) is 19.4. The highest BCUT2D eigenvalue weighted by Crippen LogP contribution is 2.34. The fraction of sp³-hybridized carbons (Fsp3) is 0.211. The van der Waals surface area contributed by atoms with Crippen molar-refractivity contribution in [3.05, 3.63) is 53.1 Å². The predicted molar refractivity (Wildman–Crippen MR) is 104 cm³/mol. The molecule has 0 aliphatic heterocycles. The molecule has 3 aromatic rings. The number of ketones is 1. The lowest BCUT2D eigenvalue weighted by Crippen LogP contribution is -2.13. The molecule has 0 saturated heterocycles. The van der Waals surface area contributed by atoms with Gasteiger partial charge in [0.1, 0.15) is 11.5 Å². The number of thioether (sulfide) groups is 1. The number of benzene rings is 2. The largest absolute Gasteiger partial charge is 0.497 e. The fourth-order valence-electron chi connectivity index (χ4n) is 2.42. The minimum absolute atomic E-state index is 0.0655. The zero-order valence-electron chi connectivity index (χ0n) is 14.9. The van der Waals surface area contributed by atoms with Gasteiger partial charge < -0.3 is 13.9 Å². The highest BCUT2D eigenvalue weighted by atomic mass is 35.5. The number of aromatic nitrogens is 2. The second-order valence-electron chi connectivity index (χ2n) is 5.57. The molecule has 0 amide bonds. The van der Waals surface area contributed by atoms with Crippen molar-refractivity contribution >= 4 is 29.1 Å². The van der Waals surface area contributed by atoms with Crippen LogP contribution < -0.4 is 9.47 Å². The Kier molecular flexibility index (Phi) is 6.03. The molecule has 0 bridgehead atoms. The van der Waals surface area contributed by atoms with Crippen LogP contribution in [0.5, 0.6) is 11.5 Å². The molecule has 0 radical (unpaired) electrons. The van der Waals surface area contributed by atoms with E-state index in [1.807, 2.05) is 0 Å². The summed E-state index contributed by atoms with van der Waals surface area (Å²) in [6.07, 6.45) is 0. The van der Waals surface area contributed by atoms with Gasteiger partial charge in [0.05, 0.1) is 25.0 Å². The van der Waals surface area contributed by atoms with Crippen LogP contribution in [-0.2, 0) is 0 Å². The molecule has 8 heteroatoms.